The molecule has 2 rings (SSSR count). The lowest BCUT2D eigenvalue weighted by Crippen LogP contribution is -2.42. The fourth-order valence-electron chi connectivity index (χ4n) is 2.51. The summed E-state index contributed by atoms with van der Waals surface area (Å²) in [7, 11) is -2.21. The van der Waals surface area contributed by atoms with E-state index in [1.54, 1.807) is 19.1 Å². The van der Waals surface area contributed by atoms with Crippen LogP contribution in [0.2, 0.25) is 0 Å². The van der Waals surface area contributed by atoms with Crippen LogP contribution in [0.15, 0.2) is 29.2 Å². The van der Waals surface area contributed by atoms with E-state index < -0.39 is 10.0 Å². The van der Waals surface area contributed by atoms with E-state index in [1.165, 1.54) is 19.2 Å². The van der Waals surface area contributed by atoms with Crippen LogP contribution in [-0.2, 0) is 19.6 Å². The molecule has 1 aromatic rings. The quantitative estimate of drug-likeness (QED) is 0.751. The number of hydrogen-bond acceptors (Lipinski definition) is 5. The Kier molecular flexibility index (Phi) is 6.59. The summed E-state index contributed by atoms with van der Waals surface area (Å²) in [5, 5.41) is 2.74. The molecule has 24 heavy (non-hydrogen) atoms. The van der Waals surface area contributed by atoms with Crippen LogP contribution in [0.5, 0.6) is 5.75 Å². The monoisotopic (exact) mass is 356 g/mol. The Morgan fingerprint density at radius 2 is 2.08 bits per heavy atom. The molecular formula is C16H24N2O5S. The van der Waals surface area contributed by atoms with Gasteiger partial charge in [-0.15, -0.1) is 0 Å². The van der Waals surface area contributed by atoms with Crippen molar-refractivity contribution in [1.82, 2.24) is 9.62 Å². The molecular weight excluding hydrogens is 332 g/mol. The maximum Gasteiger partial charge on any atom is 0.243 e. The molecule has 8 heteroatoms. The van der Waals surface area contributed by atoms with Gasteiger partial charge in [0.1, 0.15) is 5.75 Å². The van der Waals surface area contributed by atoms with Gasteiger partial charge in [-0.1, -0.05) is 6.92 Å². The number of nitrogens with zero attached hydrogens (tertiary/aromatic N) is 1. The van der Waals surface area contributed by atoms with E-state index in [4.69, 9.17) is 9.47 Å². The highest BCUT2D eigenvalue weighted by Gasteiger charge is 2.25. The maximum atomic E-state index is 12.6. The number of benzene rings is 1. The summed E-state index contributed by atoms with van der Waals surface area (Å²) < 4.78 is 36.9. The van der Waals surface area contributed by atoms with Crippen LogP contribution in [0.3, 0.4) is 0 Å². The minimum absolute atomic E-state index is 0.0298. The molecule has 7 nitrogen and oxygen atoms in total. The fraction of sp³-hybridized carbons (Fsp3) is 0.562. The smallest absolute Gasteiger partial charge is 0.243 e. The molecule has 134 valence electrons. The lowest BCUT2D eigenvalue weighted by Gasteiger charge is -2.20. The molecule has 1 aliphatic rings. The molecule has 1 heterocycles. The topological polar surface area (TPSA) is 84.9 Å². The summed E-state index contributed by atoms with van der Waals surface area (Å²) in [4.78, 5) is 12.2. The number of amides is 1. The second kappa shape index (κ2) is 8.46. The van der Waals surface area contributed by atoms with Crippen molar-refractivity contribution in [1.29, 1.82) is 0 Å². The number of carbonyl (C=O) groups excluding carboxylic acids is 1. The van der Waals surface area contributed by atoms with Gasteiger partial charge >= 0.3 is 0 Å². The van der Waals surface area contributed by atoms with Crippen molar-refractivity contribution in [3.8, 4) is 5.75 Å². The summed E-state index contributed by atoms with van der Waals surface area (Å²) in [5.41, 5.74) is 0. The van der Waals surface area contributed by atoms with Gasteiger partial charge in [0.2, 0.25) is 15.9 Å². The predicted octanol–water partition coefficient (Wildman–Crippen LogP) is 1.00. The Hall–Kier alpha value is -1.64. The normalized spacial score (nSPS) is 17.9. The molecule has 0 radical (unpaired) electrons. The first-order chi connectivity index (χ1) is 11.5. The molecule has 1 aliphatic heterocycles. The number of carbonyl (C=O) groups is 1. The molecule has 0 bridgehead atoms. The molecule has 0 spiro atoms. The van der Waals surface area contributed by atoms with Crippen LogP contribution in [0.25, 0.3) is 0 Å². The summed E-state index contributed by atoms with van der Waals surface area (Å²) in [6.45, 7) is 2.83. The molecule has 1 saturated heterocycles. The third-order valence-corrected chi connectivity index (χ3v) is 5.86. The zero-order valence-electron chi connectivity index (χ0n) is 14.0. The van der Waals surface area contributed by atoms with Crippen LogP contribution < -0.4 is 10.1 Å². The van der Waals surface area contributed by atoms with Crippen molar-refractivity contribution in [2.75, 3.05) is 33.4 Å². The van der Waals surface area contributed by atoms with Crippen LogP contribution in [-0.4, -0.2) is 58.1 Å². The Morgan fingerprint density at radius 1 is 1.38 bits per heavy atom. The number of ether oxygens (including phenoxy) is 2. The lowest BCUT2D eigenvalue weighted by molar-refractivity contribution is -0.121. The standard InChI is InChI=1S/C16H24N2O5S/c1-3-18(12-16(19)17-11-14-5-4-10-23-14)24(20,21)15-8-6-13(22-2)7-9-15/h6-9,14H,3-5,10-12H2,1-2H3,(H,17,19)/t14-/m0/s1. The van der Waals surface area contributed by atoms with Gasteiger partial charge in [0, 0.05) is 19.7 Å². The highest BCUT2D eigenvalue weighted by Crippen LogP contribution is 2.19. The Balaban J connectivity index is 1.98. The van der Waals surface area contributed by atoms with Crippen molar-refractivity contribution < 1.29 is 22.7 Å². The zero-order valence-corrected chi connectivity index (χ0v) is 14.8. The van der Waals surface area contributed by atoms with Gasteiger partial charge < -0.3 is 14.8 Å². The Bertz CT molecular complexity index is 639. The van der Waals surface area contributed by atoms with Crippen molar-refractivity contribution >= 4 is 15.9 Å². The fourth-order valence-corrected chi connectivity index (χ4v) is 3.92. The second-order valence-corrected chi connectivity index (χ2v) is 7.48. The van der Waals surface area contributed by atoms with Crippen LogP contribution in [0, 0.1) is 0 Å². The Morgan fingerprint density at radius 3 is 2.62 bits per heavy atom. The predicted molar refractivity (Wildman–Crippen MR) is 89.4 cm³/mol. The molecule has 1 atom stereocenters. The average Bonchev–Trinajstić information content (AvgIpc) is 3.11. The van der Waals surface area contributed by atoms with Gasteiger partial charge in [0.25, 0.3) is 0 Å². The highest BCUT2D eigenvalue weighted by molar-refractivity contribution is 7.89. The van der Waals surface area contributed by atoms with Crippen molar-refractivity contribution in [2.45, 2.75) is 30.8 Å². The average molecular weight is 356 g/mol. The first-order valence-electron chi connectivity index (χ1n) is 8.00. The summed E-state index contributed by atoms with van der Waals surface area (Å²) in [6.07, 6.45) is 1.94. The van der Waals surface area contributed by atoms with E-state index >= 15 is 0 Å². The number of rotatable bonds is 8. The van der Waals surface area contributed by atoms with Crippen LogP contribution in [0.4, 0.5) is 0 Å². The van der Waals surface area contributed by atoms with E-state index in [0.717, 1.165) is 17.1 Å². The largest absolute Gasteiger partial charge is 0.497 e. The van der Waals surface area contributed by atoms with Gasteiger partial charge in [-0.2, -0.15) is 4.31 Å². The Labute approximate surface area is 143 Å². The number of hydrogen-bond donors (Lipinski definition) is 1. The second-order valence-electron chi connectivity index (χ2n) is 5.55. The SMILES string of the molecule is CCN(CC(=O)NC[C@@H]1CCCO1)S(=O)(=O)c1ccc(OC)cc1. The van der Waals surface area contributed by atoms with Gasteiger partial charge in [-0.3, -0.25) is 4.79 Å². The number of methoxy groups -OCH3 is 1. The molecule has 1 amide bonds. The summed E-state index contributed by atoms with van der Waals surface area (Å²) >= 11 is 0. The zero-order chi connectivity index (χ0) is 17.6. The van der Waals surface area contributed by atoms with Crippen molar-refractivity contribution in [2.24, 2.45) is 0 Å². The summed E-state index contributed by atoms with van der Waals surface area (Å²) in [5.74, 6) is 0.246. The number of sulfonamides is 1. The molecule has 1 fully saturated rings. The summed E-state index contributed by atoms with van der Waals surface area (Å²) in [6, 6.07) is 6.11. The lowest BCUT2D eigenvalue weighted by atomic mass is 10.2. The van der Waals surface area contributed by atoms with Crippen molar-refractivity contribution in [3.05, 3.63) is 24.3 Å². The highest BCUT2D eigenvalue weighted by atomic mass is 32.2. The van der Waals surface area contributed by atoms with E-state index in [9.17, 15) is 13.2 Å². The molecule has 0 aromatic heterocycles. The minimum atomic E-state index is -3.72. The van der Waals surface area contributed by atoms with E-state index in [2.05, 4.69) is 5.32 Å². The van der Waals surface area contributed by atoms with E-state index in [0.29, 0.717) is 18.9 Å². The maximum absolute atomic E-state index is 12.6. The van der Waals surface area contributed by atoms with Crippen molar-refractivity contribution in [3.63, 3.8) is 0 Å². The van der Waals surface area contributed by atoms with Gasteiger partial charge in [-0.05, 0) is 37.1 Å². The van der Waals surface area contributed by atoms with Gasteiger partial charge in [-0.25, -0.2) is 8.42 Å². The van der Waals surface area contributed by atoms with Gasteiger partial charge in [0.05, 0.1) is 24.7 Å². The van der Waals surface area contributed by atoms with Crippen LogP contribution in [0.1, 0.15) is 19.8 Å². The third-order valence-electron chi connectivity index (χ3n) is 3.92. The third kappa shape index (κ3) is 4.68. The van der Waals surface area contributed by atoms with Gasteiger partial charge in [0.15, 0.2) is 0 Å². The van der Waals surface area contributed by atoms with E-state index in [1.807, 2.05) is 0 Å². The molecule has 1 N–H and O–H groups in total. The first kappa shape index (κ1) is 18.7. The number of nitrogens with one attached hydrogen (secondary N) is 1. The van der Waals surface area contributed by atoms with Crippen LogP contribution >= 0.6 is 0 Å². The number of likely N-dealkylation sites (N-methyl/N-ethyl adjacent to an activating group) is 1. The molecule has 0 saturated carbocycles. The first-order valence-corrected chi connectivity index (χ1v) is 9.44. The molecule has 0 unspecified atom stereocenters. The molecule has 1 aromatic carbocycles. The molecule has 0 aliphatic carbocycles. The minimum Gasteiger partial charge on any atom is -0.497 e. The van der Waals surface area contributed by atoms with E-state index in [-0.39, 0.29) is 30.0 Å².